The minimum atomic E-state index is -4.72. The molecule has 1 heterocycles. The van der Waals surface area contributed by atoms with Gasteiger partial charge >= 0.3 is 6.18 Å². The van der Waals surface area contributed by atoms with Gasteiger partial charge in [0.2, 0.25) is 0 Å². The normalized spacial score (nSPS) is 11.3. The lowest BCUT2D eigenvalue weighted by Crippen LogP contribution is -2.17. The summed E-state index contributed by atoms with van der Waals surface area (Å²) in [5.74, 6) is -1.08. The Morgan fingerprint density at radius 1 is 1.37 bits per heavy atom. The molecule has 3 N–H and O–H groups in total. The van der Waals surface area contributed by atoms with Gasteiger partial charge in [0.1, 0.15) is 5.75 Å². The fourth-order valence-corrected chi connectivity index (χ4v) is 1.46. The molecule has 8 heteroatoms. The minimum Gasteiger partial charge on any atom is -0.508 e. The molecule has 0 aliphatic heterocycles. The van der Waals surface area contributed by atoms with Gasteiger partial charge in [0.25, 0.3) is 5.91 Å². The molecule has 0 bridgehead atoms. The molecule has 5 nitrogen and oxygen atoms in total. The van der Waals surface area contributed by atoms with E-state index in [-0.39, 0.29) is 11.4 Å². The third-order valence-corrected chi connectivity index (χ3v) is 2.26. The molecular formula is C11H8F3N3O2. The Morgan fingerprint density at radius 3 is 2.74 bits per heavy atom. The number of amides is 1. The van der Waals surface area contributed by atoms with Crippen molar-refractivity contribution in [2.75, 3.05) is 5.32 Å². The van der Waals surface area contributed by atoms with E-state index in [0.717, 1.165) is 6.20 Å². The first-order valence-electron chi connectivity index (χ1n) is 5.09. The summed E-state index contributed by atoms with van der Waals surface area (Å²) in [6.45, 7) is 0. The summed E-state index contributed by atoms with van der Waals surface area (Å²) in [7, 11) is 0. The Morgan fingerprint density at radius 2 is 2.11 bits per heavy atom. The molecule has 0 aliphatic rings. The Hall–Kier alpha value is -2.51. The molecule has 0 spiro atoms. The van der Waals surface area contributed by atoms with Crippen molar-refractivity contribution in [1.82, 2.24) is 10.2 Å². The van der Waals surface area contributed by atoms with Crippen LogP contribution < -0.4 is 5.32 Å². The molecule has 0 aliphatic carbocycles. The van der Waals surface area contributed by atoms with Crippen LogP contribution in [0, 0.1) is 0 Å². The predicted octanol–water partition coefficient (Wildman–Crippen LogP) is 2.39. The van der Waals surface area contributed by atoms with Crippen molar-refractivity contribution in [3.05, 3.63) is 41.7 Å². The zero-order valence-corrected chi connectivity index (χ0v) is 9.32. The highest BCUT2D eigenvalue weighted by molar-refractivity contribution is 6.05. The number of aromatic nitrogens is 2. The summed E-state index contributed by atoms with van der Waals surface area (Å²) >= 11 is 0. The second kappa shape index (κ2) is 4.63. The highest BCUT2D eigenvalue weighted by Gasteiger charge is 2.38. The SMILES string of the molecule is O=C(Nc1cccc(O)c1)c1c[nH]nc1C(F)(F)F. The number of aromatic amines is 1. The highest BCUT2D eigenvalue weighted by atomic mass is 19.4. The van der Waals surface area contributed by atoms with E-state index in [9.17, 15) is 23.1 Å². The summed E-state index contributed by atoms with van der Waals surface area (Å²) in [4.78, 5) is 11.7. The number of alkyl halides is 3. The molecule has 0 atom stereocenters. The number of H-pyrrole nitrogens is 1. The summed E-state index contributed by atoms with van der Waals surface area (Å²) in [6, 6.07) is 5.47. The van der Waals surface area contributed by atoms with E-state index in [0.29, 0.717) is 0 Å². The largest absolute Gasteiger partial charge is 0.508 e. The second-order valence-corrected chi connectivity index (χ2v) is 3.65. The van der Waals surface area contributed by atoms with Crippen LogP contribution in [0.4, 0.5) is 18.9 Å². The number of hydrogen-bond donors (Lipinski definition) is 3. The molecule has 1 aromatic heterocycles. The number of nitrogens with one attached hydrogen (secondary N) is 2. The van der Waals surface area contributed by atoms with Crippen LogP contribution >= 0.6 is 0 Å². The van der Waals surface area contributed by atoms with Crippen LogP contribution in [-0.2, 0) is 6.18 Å². The van der Waals surface area contributed by atoms with Crippen molar-refractivity contribution in [3.8, 4) is 5.75 Å². The van der Waals surface area contributed by atoms with Gasteiger partial charge in [0.05, 0.1) is 5.56 Å². The lowest BCUT2D eigenvalue weighted by atomic mass is 10.2. The van der Waals surface area contributed by atoms with Crippen LogP contribution in [-0.4, -0.2) is 21.2 Å². The van der Waals surface area contributed by atoms with Gasteiger partial charge in [-0.3, -0.25) is 9.89 Å². The monoisotopic (exact) mass is 271 g/mol. The van der Waals surface area contributed by atoms with Gasteiger partial charge in [-0.1, -0.05) is 6.07 Å². The molecule has 2 aromatic rings. The molecule has 1 aromatic carbocycles. The van der Waals surface area contributed by atoms with Gasteiger partial charge in [-0.25, -0.2) is 0 Å². The van der Waals surface area contributed by atoms with Gasteiger partial charge in [-0.15, -0.1) is 0 Å². The Kier molecular flexibility index (Phi) is 3.16. The number of hydrogen-bond acceptors (Lipinski definition) is 3. The number of nitrogens with zero attached hydrogens (tertiary/aromatic N) is 1. The van der Waals surface area contributed by atoms with Gasteiger partial charge in [0, 0.05) is 18.0 Å². The maximum atomic E-state index is 12.5. The van der Waals surface area contributed by atoms with Crippen molar-refractivity contribution in [1.29, 1.82) is 0 Å². The smallest absolute Gasteiger partial charge is 0.435 e. The number of carbonyl (C=O) groups is 1. The number of aromatic hydroxyl groups is 1. The van der Waals surface area contributed by atoms with Gasteiger partial charge in [0.15, 0.2) is 5.69 Å². The number of carbonyl (C=O) groups excluding carboxylic acids is 1. The van der Waals surface area contributed by atoms with Crippen molar-refractivity contribution in [2.24, 2.45) is 0 Å². The maximum Gasteiger partial charge on any atom is 0.435 e. The van der Waals surface area contributed by atoms with Crippen molar-refractivity contribution >= 4 is 11.6 Å². The van der Waals surface area contributed by atoms with E-state index < -0.39 is 23.3 Å². The van der Waals surface area contributed by atoms with E-state index in [2.05, 4.69) is 10.4 Å². The Labute approximate surface area is 105 Å². The fraction of sp³-hybridized carbons (Fsp3) is 0.0909. The zero-order valence-electron chi connectivity index (χ0n) is 9.32. The van der Waals surface area contributed by atoms with Crippen LogP contribution in [0.3, 0.4) is 0 Å². The summed E-state index contributed by atoms with van der Waals surface area (Å²) < 4.78 is 37.6. The number of phenols is 1. The van der Waals surface area contributed by atoms with Gasteiger partial charge in [-0.2, -0.15) is 18.3 Å². The zero-order chi connectivity index (χ0) is 14.0. The standard InChI is InChI=1S/C11H8F3N3O2/c12-11(13,14)9-8(5-15-17-9)10(19)16-6-2-1-3-7(18)4-6/h1-5,18H,(H,15,17)(H,16,19). The molecule has 0 radical (unpaired) electrons. The van der Waals surface area contributed by atoms with Crippen LogP contribution in [0.1, 0.15) is 16.1 Å². The van der Waals surface area contributed by atoms with E-state index in [1.807, 2.05) is 5.10 Å². The highest BCUT2D eigenvalue weighted by Crippen LogP contribution is 2.30. The Balaban J connectivity index is 2.24. The molecule has 0 unspecified atom stereocenters. The van der Waals surface area contributed by atoms with Crippen molar-refractivity contribution in [2.45, 2.75) is 6.18 Å². The molecule has 100 valence electrons. The number of halogens is 3. The van der Waals surface area contributed by atoms with Crippen LogP contribution in [0.15, 0.2) is 30.5 Å². The molecule has 0 saturated carbocycles. The minimum absolute atomic E-state index is 0.110. The molecular weight excluding hydrogens is 263 g/mol. The summed E-state index contributed by atoms with van der Waals surface area (Å²) in [5, 5.41) is 16.4. The first kappa shape index (κ1) is 12.9. The summed E-state index contributed by atoms with van der Waals surface area (Å²) in [5.41, 5.74) is -1.72. The predicted molar refractivity (Wildman–Crippen MR) is 59.6 cm³/mol. The number of anilines is 1. The van der Waals surface area contributed by atoms with Crippen molar-refractivity contribution in [3.63, 3.8) is 0 Å². The third-order valence-electron chi connectivity index (χ3n) is 2.26. The maximum absolute atomic E-state index is 12.5. The summed E-state index contributed by atoms with van der Waals surface area (Å²) in [6.07, 6.45) is -3.85. The Bertz CT molecular complexity index is 607. The second-order valence-electron chi connectivity index (χ2n) is 3.65. The molecule has 1 amide bonds. The van der Waals surface area contributed by atoms with Crippen LogP contribution in [0.25, 0.3) is 0 Å². The average molecular weight is 271 g/mol. The van der Waals surface area contributed by atoms with Gasteiger partial charge < -0.3 is 10.4 Å². The molecule has 19 heavy (non-hydrogen) atoms. The lowest BCUT2D eigenvalue weighted by Gasteiger charge is -2.07. The van der Waals surface area contributed by atoms with Crippen LogP contribution in [0.2, 0.25) is 0 Å². The lowest BCUT2D eigenvalue weighted by molar-refractivity contribution is -0.141. The van der Waals surface area contributed by atoms with Gasteiger partial charge in [-0.05, 0) is 12.1 Å². The molecule has 0 fully saturated rings. The molecule has 2 rings (SSSR count). The number of benzene rings is 1. The van der Waals surface area contributed by atoms with Crippen molar-refractivity contribution < 1.29 is 23.1 Å². The fourth-order valence-electron chi connectivity index (χ4n) is 1.46. The average Bonchev–Trinajstić information content (AvgIpc) is 2.77. The number of phenolic OH excluding ortho intramolecular Hbond substituents is 1. The van der Waals surface area contributed by atoms with E-state index >= 15 is 0 Å². The van der Waals surface area contributed by atoms with E-state index in [1.54, 1.807) is 0 Å². The van der Waals surface area contributed by atoms with E-state index in [1.165, 1.54) is 24.3 Å². The third kappa shape index (κ3) is 2.84. The van der Waals surface area contributed by atoms with E-state index in [4.69, 9.17) is 0 Å². The first-order chi connectivity index (χ1) is 8.88. The first-order valence-corrected chi connectivity index (χ1v) is 5.09. The van der Waals surface area contributed by atoms with Crippen LogP contribution in [0.5, 0.6) is 5.75 Å². The number of rotatable bonds is 2. The topological polar surface area (TPSA) is 78.0 Å². The quantitative estimate of drug-likeness (QED) is 0.784. The molecule has 0 saturated heterocycles.